The molecule has 0 fully saturated rings. The Hall–Kier alpha value is -3.08. The summed E-state index contributed by atoms with van der Waals surface area (Å²) in [6, 6.07) is 11.0. The molecule has 0 saturated heterocycles. The molecule has 128 valence electrons. The molecule has 0 saturated carbocycles. The minimum absolute atomic E-state index is 0.173. The summed E-state index contributed by atoms with van der Waals surface area (Å²) < 4.78 is 10.2. The number of nitrogens with one attached hydrogen (secondary N) is 1. The largest absolute Gasteiger partial charge is 0.465 e. The molecule has 0 aliphatic carbocycles. The molecule has 5 nitrogen and oxygen atoms in total. The molecule has 3 aromatic rings. The second-order valence-electron chi connectivity index (χ2n) is 6.01. The maximum atomic E-state index is 12.4. The quantitative estimate of drug-likeness (QED) is 0.730. The third-order valence-electron chi connectivity index (χ3n) is 4.09. The van der Waals surface area contributed by atoms with Crippen LogP contribution in [0.3, 0.4) is 0 Å². The zero-order chi connectivity index (χ0) is 18.0. The van der Waals surface area contributed by atoms with Gasteiger partial charge in [-0.05, 0) is 43.2 Å². The molecule has 1 heterocycles. The number of benzene rings is 2. The van der Waals surface area contributed by atoms with Gasteiger partial charge in [-0.25, -0.2) is 4.79 Å². The number of hydrogen-bond acceptors (Lipinski definition) is 4. The maximum Gasteiger partial charge on any atom is 0.337 e. The summed E-state index contributed by atoms with van der Waals surface area (Å²) in [6.07, 6.45) is 1.80. The fraction of sp³-hybridized carbons (Fsp3) is 0.200. The van der Waals surface area contributed by atoms with E-state index in [1.54, 1.807) is 24.5 Å². The molecule has 25 heavy (non-hydrogen) atoms. The van der Waals surface area contributed by atoms with Crippen molar-refractivity contribution in [3.8, 4) is 0 Å². The zero-order valence-electron chi connectivity index (χ0n) is 14.4. The van der Waals surface area contributed by atoms with E-state index in [0.717, 1.165) is 27.7 Å². The summed E-state index contributed by atoms with van der Waals surface area (Å²) in [6.45, 7) is 3.86. The van der Waals surface area contributed by atoms with Gasteiger partial charge < -0.3 is 14.5 Å². The van der Waals surface area contributed by atoms with Crippen LogP contribution in [0.2, 0.25) is 0 Å². The number of carbonyl (C=O) groups is 2. The molecule has 0 bridgehead atoms. The molecular formula is C20H19NO4. The standard InChI is InChI=1S/C20H19NO4/c1-12-4-7-16-15(11-25-18(16)8-12)10-19(22)21-17-9-14(20(23)24-3)6-5-13(17)2/h4-9,11H,10H2,1-3H3,(H,21,22). The molecule has 0 radical (unpaired) electrons. The van der Waals surface area contributed by atoms with Gasteiger partial charge in [0.15, 0.2) is 0 Å². The number of aryl methyl sites for hydroxylation is 2. The van der Waals surface area contributed by atoms with Crippen molar-refractivity contribution >= 4 is 28.5 Å². The smallest absolute Gasteiger partial charge is 0.337 e. The summed E-state index contributed by atoms with van der Waals surface area (Å²) >= 11 is 0. The van der Waals surface area contributed by atoms with Crippen molar-refractivity contribution in [1.29, 1.82) is 0 Å². The van der Waals surface area contributed by atoms with Crippen molar-refractivity contribution in [3.05, 3.63) is 64.9 Å². The van der Waals surface area contributed by atoms with Crippen molar-refractivity contribution in [2.24, 2.45) is 0 Å². The first-order chi connectivity index (χ1) is 12.0. The van der Waals surface area contributed by atoms with Gasteiger partial charge in [0.2, 0.25) is 5.91 Å². The van der Waals surface area contributed by atoms with Crippen molar-refractivity contribution < 1.29 is 18.7 Å². The lowest BCUT2D eigenvalue weighted by Gasteiger charge is -2.10. The summed E-state index contributed by atoms with van der Waals surface area (Å²) in [4.78, 5) is 24.1. The molecule has 0 aliphatic rings. The average Bonchev–Trinajstić information content (AvgIpc) is 2.97. The molecule has 1 aromatic heterocycles. The first-order valence-corrected chi connectivity index (χ1v) is 7.93. The summed E-state index contributed by atoms with van der Waals surface area (Å²) in [5.41, 5.74) is 4.56. The normalized spacial score (nSPS) is 10.7. The third kappa shape index (κ3) is 3.55. The Morgan fingerprint density at radius 2 is 1.92 bits per heavy atom. The van der Waals surface area contributed by atoms with E-state index in [2.05, 4.69) is 5.32 Å². The Kier molecular flexibility index (Phi) is 4.57. The van der Waals surface area contributed by atoms with Crippen LogP contribution in [-0.4, -0.2) is 19.0 Å². The number of methoxy groups -OCH3 is 1. The van der Waals surface area contributed by atoms with Crippen LogP contribution in [0.25, 0.3) is 11.0 Å². The van der Waals surface area contributed by atoms with Crippen molar-refractivity contribution in [2.75, 3.05) is 12.4 Å². The van der Waals surface area contributed by atoms with E-state index in [9.17, 15) is 9.59 Å². The first kappa shape index (κ1) is 16.8. The highest BCUT2D eigenvalue weighted by atomic mass is 16.5. The fourth-order valence-corrected chi connectivity index (χ4v) is 2.70. The van der Waals surface area contributed by atoms with Crippen LogP contribution >= 0.6 is 0 Å². The van der Waals surface area contributed by atoms with Gasteiger partial charge in [0, 0.05) is 16.6 Å². The molecule has 0 spiro atoms. The van der Waals surface area contributed by atoms with Crippen molar-refractivity contribution in [2.45, 2.75) is 20.3 Å². The molecule has 0 aliphatic heterocycles. The molecule has 0 atom stereocenters. The fourth-order valence-electron chi connectivity index (χ4n) is 2.70. The van der Waals surface area contributed by atoms with Crippen LogP contribution in [0, 0.1) is 13.8 Å². The number of furan rings is 1. The van der Waals surface area contributed by atoms with Crippen LogP contribution in [0.4, 0.5) is 5.69 Å². The van der Waals surface area contributed by atoms with Gasteiger partial charge in [0.1, 0.15) is 5.58 Å². The van der Waals surface area contributed by atoms with Crippen LogP contribution in [0.5, 0.6) is 0 Å². The van der Waals surface area contributed by atoms with Gasteiger partial charge in [-0.2, -0.15) is 0 Å². The highest BCUT2D eigenvalue weighted by Gasteiger charge is 2.13. The van der Waals surface area contributed by atoms with Gasteiger partial charge in [-0.15, -0.1) is 0 Å². The molecule has 1 N–H and O–H groups in total. The number of amides is 1. The molecular weight excluding hydrogens is 318 g/mol. The number of carbonyl (C=O) groups excluding carboxylic acids is 2. The SMILES string of the molecule is COC(=O)c1ccc(C)c(NC(=O)Cc2coc3cc(C)ccc23)c1. The Morgan fingerprint density at radius 3 is 2.68 bits per heavy atom. The number of fused-ring (bicyclic) bond motifs is 1. The molecule has 5 heteroatoms. The maximum absolute atomic E-state index is 12.4. The lowest BCUT2D eigenvalue weighted by atomic mass is 10.1. The van der Waals surface area contributed by atoms with Crippen molar-refractivity contribution in [3.63, 3.8) is 0 Å². The monoisotopic (exact) mass is 337 g/mol. The Bertz CT molecular complexity index is 955. The number of rotatable bonds is 4. The minimum Gasteiger partial charge on any atom is -0.465 e. The molecule has 1 amide bonds. The zero-order valence-corrected chi connectivity index (χ0v) is 14.4. The van der Waals surface area contributed by atoms with Gasteiger partial charge in [-0.1, -0.05) is 18.2 Å². The van der Waals surface area contributed by atoms with E-state index >= 15 is 0 Å². The molecule has 0 unspecified atom stereocenters. The number of hydrogen-bond donors (Lipinski definition) is 1. The number of esters is 1. The molecule has 2 aromatic carbocycles. The van der Waals surface area contributed by atoms with E-state index in [4.69, 9.17) is 9.15 Å². The lowest BCUT2D eigenvalue weighted by Crippen LogP contribution is -2.15. The third-order valence-corrected chi connectivity index (χ3v) is 4.09. The van der Waals surface area contributed by atoms with Crippen LogP contribution < -0.4 is 5.32 Å². The summed E-state index contributed by atoms with van der Waals surface area (Å²) in [5, 5.41) is 3.79. The van der Waals surface area contributed by atoms with E-state index in [1.165, 1.54) is 7.11 Å². The van der Waals surface area contributed by atoms with Gasteiger partial charge >= 0.3 is 5.97 Å². The highest BCUT2D eigenvalue weighted by molar-refractivity contribution is 5.97. The minimum atomic E-state index is -0.438. The molecule has 3 rings (SSSR count). The first-order valence-electron chi connectivity index (χ1n) is 7.93. The Labute approximate surface area is 145 Å². The highest BCUT2D eigenvalue weighted by Crippen LogP contribution is 2.24. The Morgan fingerprint density at radius 1 is 1.12 bits per heavy atom. The predicted octanol–water partition coefficient (Wildman–Crippen LogP) is 4.02. The number of anilines is 1. The lowest BCUT2D eigenvalue weighted by molar-refractivity contribution is -0.115. The van der Waals surface area contributed by atoms with Gasteiger partial charge in [0.05, 0.1) is 25.4 Å². The topological polar surface area (TPSA) is 68.5 Å². The second-order valence-corrected chi connectivity index (χ2v) is 6.01. The average molecular weight is 337 g/mol. The summed E-state index contributed by atoms with van der Waals surface area (Å²) in [5.74, 6) is -0.611. The van der Waals surface area contributed by atoms with Gasteiger partial charge in [-0.3, -0.25) is 4.79 Å². The second kappa shape index (κ2) is 6.81. The number of ether oxygens (including phenoxy) is 1. The summed E-state index contributed by atoms with van der Waals surface area (Å²) in [7, 11) is 1.33. The van der Waals surface area contributed by atoms with E-state index in [1.807, 2.05) is 32.0 Å². The van der Waals surface area contributed by atoms with Gasteiger partial charge in [0.25, 0.3) is 0 Å². The van der Waals surface area contributed by atoms with Crippen molar-refractivity contribution in [1.82, 2.24) is 0 Å². The van der Waals surface area contributed by atoms with E-state index < -0.39 is 5.97 Å². The van der Waals surface area contributed by atoms with Crippen LogP contribution in [0.1, 0.15) is 27.0 Å². The van der Waals surface area contributed by atoms with Crippen LogP contribution in [-0.2, 0) is 16.0 Å². The predicted molar refractivity (Wildman–Crippen MR) is 95.8 cm³/mol. The van der Waals surface area contributed by atoms with E-state index in [0.29, 0.717) is 11.3 Å². The van der Waals surface area contributed by atoms with Crippen LogP contribution in [0.15, 0.2) is 47.1 Å². The Balaban J connectivity index is 1.79. The van der Waals surface area contributed by atoms with E-state index in [-0.39, 0.29) is 12.3 Å².